The van der Waals surface area contributed by atoms with Gasteiger partial charge in [0.15, 0.2) is 0 Å². The zero-order chi connectivity index (χ0) is 25.0. The van der Waals surface area contributed by atoms with Crippen LogP contribution < -0.4 is 20.3 Å². The van der Waals surface area contributed by atoms with E-state index in [2.05, 4.69) is 20.4 Å². The van der Waals surface area contributed by atoms with E-state index < -0.39 is 6.36 Å². The van der Waals surface area contributed by atoms with E-state index in [1.54, 1.807) is 0 Å². The lowest BCUT2D eigenvalue weighted by molar-refractivity contribution is -0.274. The number of phenolic OH excluding ortho intramolecular Hbond substituents is 1. The van der Waals surface area contributed by atoms with Gasteiger partial charge in [0.25, 0.3) is 0 Å². The third kappa shape index (κ3) is 7.13. The first-order valence-electron chi connectivity index (χ1n) is 11.7. The number of phenols is 1. The average Bonchev–Trinajstić information content (AvgIpc) is 2.80. The zero-order valence-corrected chi connectivity index (χ0v) is 19.8. The molecule has 0 amide bonds. The molecule has 3 N–H and O–H groups in total. The van der Waals surface area contributed by atoms with Crippen LogP contribution in [0, 0.1) is 5.92 Å². The molecule has 0 radical (unpaired) electrons. The minimum Gasteiger partial charge on any atom is -0.508 e. The molecule has 1 heterocycles. The van der Waals surface area contributed by atoms with Crippen LogP contribution in [0.2, 0.25) is 0 Å². The van der Waals surface area contributed by atoms with Crippen molar-refractivity contribution < 1.29 is 23.0 Å². The number of fused-ring (bicyclic) bond motifs is 1. The molecular weight excluding hydrogens is 471 g/mol. The predicted molar refractivity (Wildman–Crippen MR) is 136 cm³/mol. The lowest BCUT2D eigenvalue weighted by Crippen LogP contribution is -2.31. The monoisotopic (exact) mass is 505 g/mol. The lowest BCUT2D eigenvalue weighted by Gasteiger charge is -2.29. The molecule has 1 fully saturated rings. The van der Waals surface area contributed by atoms with Crippen LogP contribution in [0.1, 0.15) is 38.7 Å². The van der Waals surface area contributed by atoms with E-state index >= 15 is 0 Å². The Kier molecular flexibility index (Phi) is 8.84. The van der Waals surface area contributed by atoms with Crippen LogP contribution in [0.3, 0.4) is 0 Å². The molecular formula is C26H34F3N5O2. The Balaban J connectivity index is 0.00000361. The summed E-state index contributed by atoms with van der Waals surface area (Å²) in [5.74, 6) is 1.55. The van der Waals surface area contributed by atoms with Crippen molar-refractivity contribution in [2.45, 2.75) is 52.1 Å². The zero-order valence-electron chi connectivity index (χ0n) is 19.8. The van der Waals surface area contributed by atoms with Gasteiger partial charge in [-0.2, -0.15) is 4.98 Å². The SMILES string of the molecule is C.CN(C)c1nc(NC2CCC(CNCc3cc(OC(F)(F)F)ccc3O)CC2)nc2ccccc12. The number of para-hydroxylation sites is 1. The fourth-order valence-corrected chi connectivity index (χ4v) is 4.47. The molecule has 4 rings (SSSR count). The molecule has 2 aromatic carbocycles. The van der Waals surface area contributed by atoms with Crippen LogP contribution in [0.5, 0.6) is 11.5 Å². The van der Waals surface area contributed by atoms with Gasteiger partial charge in [-0.15, -0.1) is 13.2 Å². The molecule has 0 aliphatic heterocycles. The normalized spacial score (nSPS) is 17.9. The van der Waals surface area contributed by atoms with Crippen LogP contribution in [-0.4, -0.2) is 48.1 Å². The Bertz CT molecular complexity index is 1150. The highest BCUT2D eigenvalue weighted by molar-refractivity contribution is 5.90. The summed E-state index contributed by atoms with van der Waals surface area (Å²) in [4.78, 5) is 11.4. The van der Waals surface area contributed by atoms with E-state index in [1.807, 2.05) is 43.3 Å². The fourth-order valence-electron chi connectivity index (χ4n) is 4.47. The molecule has 36 heavy (non-hydrogen) atoms. The first-order valence-corrected chi connectivity index (χ1v) is 11.7. The van der Waals surface area contributed by atoms with Crippen molar-refractivity contribution in [1.29, 1.82) is 0 Å². The fraction of sp³-hybridized carbons (Fsp3) is 0.462. The molecule has 1 saturated carbocycles. The number of halogens is 3. The van der Waals surface area contributed by atoms with Gasteiger partial charge in [-0.3, -0.25) is 0 Å². The maximum absolute atomic E-state index is 12.4. The van der Waals surface area contributed by atoms with Gasteiger partial charge in [0.1, 0.15) is 17.3 Å². The van der Waals surface area contributed by atoms with Gasteiger partial charge in [0, 0.05) is 37.6 Å². The number of hydrogen-bond donors (Lipinski definition) is 3. The summed E-state index contributed by atoms with van der Waals surface area (Å²) in [6, 6.07) is 11.8. The van der Waals surface area contributed by atoms with Gasteiger partial charge in [0.2, 0.25) is 5.95 Å². The van der Waals surface area contributed by atoms with E-state index in [0.29, 0.717) is 24.0 Å². The Morgan fingerprint density at radius 2 is 1.78 bits per heavy atom. The van der Waals surface area contributed by atoms with Crippen molar-refractivity contribution >= 4 is 22.7 Å². The molecule has 3 aromatic rings. The number of benzene rings is 2. The van der Waals surface area contributed by atoms with Crippen molar-refractivity contribution in [3.05, 3.63) is 48.0 Å². The summed E-state index contributed by atoms with van der Waals surface area (Å²) in [5.41, 5.74) is 1.27. The van der Waals surface area contributed by atoms with E-state index in [1.165, 1.54) is 12.1 Å². The van der Waals surface area contributed by atoms with Crippen molar-refractivity contribution in [1.82, 2.24) is 15.3 Å². The molecule has 1 aromatic heterocycles. The Labute approximate surface area is 209 Å². The second kappa shape index (κ2) is 11.6. The largest absolute Gasteiger partial charge is 0.573 e. The van der Waals surface area contributed by atoms with E-state index in [0.717, 1.165) is 48.5 Å². The quantitative estimate of drug-likeness (QED) is 0.362. The number of aromatic hydroxyl groups is 1. The van der Waals surface area contributed by atoms with E-state index in [9.17, 15) is 18.3 Å². The summed E-state index contributed by atoms with van der Waals surface area (Å²) in [6.45, 7) is 0.977. The summed E-state index contributed by atoms with van der Waals surface area (Å²) in [5, 5.41) is 17.7. The number of nitrogens with one attached hydrogen (secondary N) is 2. The summed E-state index contributed by atoms with van der Waals surface area (Å²) in [7, 11) is 3.94. The number of anilines is 2. The molecule has 7 nitrogen and oxygen atoms in total. The first kappa shape index (κ1) is 27.3. The molecule has 0 saturated heterocycles. The Morgan fingerprint density at radius 3 is 2.47 bits per heavy atom. The summed E-state index contributed by atoms with van der Waals surface area (Å²) >= 11 is 0. The van der Waals surface area contributed by atoms with Gasteiger partial charge < -0.3 is 25.4 Å². The molecule has 10 heteroatoms. The smallest absolute Gasteiger partial charge is 0.508 e. The van der Waals surface area contributed by atoms with Gasteiger partial charge in [-0.05, 0) is 68.5 Å². The second-order valence-corrected chi connectivity index (χ2v) is 9.11. The predicted octanol–water partition coefficient (Wildman–Crippen LogP) is 5.70. The highest BCUT2D eigenvalue weighted by Crippen LogP contribution is 2.30. The third-order valence-corrected chi connectivity index (χ3v) is 6.22. The van der Waals surface area contributed by atoms with Crippen LogP contribution in [-0.2, 0) is 6.54 Å². The number of aromatic nitrogens is 2. The maximum atomic E-state index is 12.4. The molecule has 0 spiro atoms. The minimum atomic E-state index is -4.76. The number of ether oxygens (including phenoxy) is 1. The maximum Gasteiger partial charge on any atom is 0.573 e. The molecule has 1 aliphatic rings. The highest BCUT2D eigenvalue weighted by Gasteiger charge is 2.31. The van der Waals surface area contributed by atoms with E-state index in [-0.39, 0.29) is 31.5 Å². The Morgan fingerprint density at radius 1 is 1.06 bits per heavy atom. The number of hydrogen-bond acceptors (Lipinski definition) is 7. The van der Waals surface area contributed by atoms with Gasteiger partial charge in [-0.25, -0.2) is 4.98 Å². The van der Waals surface area contributed by atoms with Crippen molar-refractivity contribution in [2.24, 2.45) is 5.92 Å². The topological polar surface area (TPSA) is 82.5 Å². The molecule has 0 unspecified atom stereocenters. The van der Waals surface area contributed by atoms with Crippen LogP contribution in [0.4, 0.5) is 24.9 Å². The van der Waals surface area contributed by atoms with Gasteiger partial charge in [0.05, 0.1) is 5.52 Å². The lowest BCUT2D eigenvalue weighted by atomic mass is 9.86. The summed E-state index contributed by atoms with van der Waals surface area (Å²) < 4.78 is 41.3. The number of rotatable bonds is 8. The molecule has 0 atom stereocenters. The van der Waals surface area contributed by atoms with Crippen molar-refractivity contribution in [2.75, 3.05) is 30.9 Å². The third-order valence-electron chi connectivity index (χ3n) is 6.22. The highest BCUT2D eigenvalue weighted by atomic mass is 19.4. The molecule has 0 bridgehead atoms. The minimum absolute atomic E-state index is 0. The average molecular weight is 506 g/mol. The summed E-state index contributed by atoms with van der Waals surface area (Å²) in [6.07, 6.45) is -0.815. The van der Waals surface area contributed by atoms with Crippen molar-refractivity contribution in [3.8, 4) is 11.5 Å². The van der Waals surface area contributed by atoms with Gasteiger partial charge in [-0.1, -0.05) is 19.6 Å². The van der Waals surface area contributed by atoms with Crippen LogP contribution >= 0.6 is 0 Å². The number of alkyl halides is 3. The standard InChI is InChI=1S/C25H30F3N5O2.CH4/c1-33(2)23-20-5-3-4-6-21(20)31-24(32-23)30-18-9-7-16(8-10-18)14-29-15-17-13-19(11-12-22(17)34)35-25(26,27)28;/h3-6,11-13,16,18,29,34H,7-10,14-15H2,1-2H3,(H,30,31,32);1H4. The molecule has 1 aliphatic carbocycles. The van der Waals surface area contributed by atoms with E-state index in [4.69, 9.17) is 4.98 Å². The van der Waals surface area contributed by atoms with Crippen LogP contribution in [0.15, 0.2) is 42.5 Å². The number of nitrogens with zero attached hydrogens (tertiary/aromatic N) is 3. The van der Waals surface area contributed by atoms with Crippen LogP contribution in [0.25, 0.3) is 10.9 Å². The Hall–Kier alpha value is -3.27. The molecule has 196 valence electrons. The van der Waals surface area contributed by atoms with Gasteiger partial charge >= 0.3 is 6.36 Å². The second-order valence-electron chi connectivity index (χ2n) is 9.11. The van der Waals surface area contributed by atoms with Crippen molar-refractivity contribution in [3.63, 3.8) is 0 Å². The first-order chi connectivity index (χ1) is 16.7.